The molecular formula is C15H11N3O5. The van der Waals surface area contributed by atoms with Crippen LogP contribution >= 0.6 is 0 Å². The van der Waals surface area contributed by atoms with Crippen LogP contribution in [0.2, 0.25) is 0 Å². The van der Waals surface area contributed by atoms with Crippen molar-refractivity contribution in [3.8, 4) is 0 Å². The van der Waals surface area contributed by atoms with E-state index < -0.39 is 9.85 Å². The number of nitro benzene ring substituents is 2. The Bertz CT molecular complexity index is 816. The first-order valence-corrected chi connectivity index (χ1v) is 6.81. The van der Waals surface area contributed by atoms with Crippen molar-refractivity contribution in [2.45, 2.75) is 6.42 Å². The largest absolute Gasteiger partial charge is 0.308 e. The van der Waals surface area contributed by atoms with Gasteiger partial charge in [0.15, 0.2) is 0 Å². The quantitative estimate of drug-likeness (QED) is 0.639. The maximum atomic E-state index is 12.6. The molecule has 0 bridgehead atoms. The Labute approximate surface area is 130 Å². The number of hydrogen-bond acceptors (Lipinski definition) is 5. The molecule has 0 saturated heterocycles. The highest BCUT2D eigenvalue weighted by Gasteiger charge is 2.27. The summed E-state index contributed by atoms with van der Waals surface area (Å²) in [5, 5.41) is 21.5. The van der Waals surface area contributed by atoms with Crippen LogP contribution in [0.5, 0.6) is 0 Å². The van der Waals surface area contributed by atoms with E-state index in [-0.39, 0.29) is 17.3 Å². The Morgan fingerprint density at radius 2 is 1.57 bits per heavy atom. The lowest BCUT2D eigenvalue weighted by molar-refractivity contribution is -0.385. The number of nitrogens with zero attached hydrogens (tertiary/aromatic N) is 3. The molecule has 0 atom stereocenters. The first kappa shape index (κ1) is 14.6. The average molecular weight is 313 g/mol. The van der Waals surface area contributed by atoms with Crippen molar-refractivity contribution < 1.29 is 14.6 Å². The minimum Gasteiger partial charge on any atom is -0.308 e. The second kappa shape index (κ2) is 5.48. The Balaban J connectivity index is 1.92. The molecule has 0 spiro atoms. The van der Waals surface area contributed by atoms with E-state index in [1.165, 1.54) is 41.3 Å². The highest BCUT2D eigenvalue weighted by Crippen LogP contribution is 2.32. The molecule has 2 aromatic carbocycles. The monoisotopic (exact) mass is 313 g/mol. The lowest BCUT2D eigenvalue weighted by Crippen LogP contribution is -2.28. The van der Waals surface area contributed by atoms with E-state index in [9.17, 15) is 25.0 Å². The van der Waals surface area contributed by atoms with E-state index in [2.05, 4.69) is 0 Å². The summed E-state index contributed by atoms with van der Waals surface area (Å²) in [6.45, 7) is 0.423. The molecule has 2 aromatic rings. The summed E-state index contributed by atoms with van der Waals surface area (Å²) >= 11 is 0. The third-order valence-corrected chi connectivity index (χ3v) is 3.75. The summed E-state index contributed by atoms with van der Waals surface area (Å²) in [4.78, 5) is 34.5. The second-order valence-corrected chi connectivity index (χ2v) is 5.08. The number of fused-ring (bicyclic) bond motifs is 1. The summed E-state index contributed by atoms with van der Waals surface area (Å²) in [6.07, 6.45) is 0.617. The summed E-state index contributed by atoms with van der Waals surface area (Å²) in [7, 11) is 0. The van der Waals surface area contributed by atoms with Gasteiger partial charge in [0.2, 0.25) is 0 Å². The molecule has 1 aliphatic rings. The Kier molecular flexibility index (Phi) is 3.49. The number of non-ortho nitro benzene ring substituents is 2. The molecule has 1 amide bonds. The van der Waals surface area contributed by atoms with Gasteiger partial charge in [0, 0.05) is 36.4 Å². The van der Waals surface area contributed by atoms with Crippen molar-refractivity contribution in [2.24, 2.45) is 0 Å². The van der Waals surface area contributed by atoms with Gasteiger partial charge in [-0.1, -0.05) is 6.07 Å². The summed E-state index contributed by atoms with van der Waals surface area (Å²) in [6, 6.07) is 9.74. The molecule has 8 heteroatoms. The standard InChI is InChI=1S/C15H11N3O5/c19-15(11-2-4-12(5-3-11)17(20)21)16-8-7-10-1-6-13(18(22)23)9-14(10)16/h1-6,9H,7-8H2. The van der Waals surface area contributed by atoms with Gasteiger partial charge in [-0.05, 0) is 24.1 Å². The van der Waals surface area contributed by atoms with Gasteiger partial charge in [0.25, 0.3) is 17.3 Å². The van der Waals surface area contributed by atoms with Crippen molar-refractivity contribution in [3.63, 3.8) is 0 Å². The highest BCUT2D eigenvalue weighted by molar-refractivity contribution is 6.07. The van der Waals surface area contributed by atoms with Gasteiger partial charge in [-0.2, -0.15) is 0 Å². The average Bonchev–Trinajstić information content (AvgIpc) is 2.97. The highest BCUT2D eigenvalue weighted by atomic mass is 16.6. The molecule has 116 valence electrons. The molecule has 0 aromatic heterocycles. The van der Waals surface area contributed by atoms with Crippen LogP contribution in [-0.2, 0) is 6.42 Å². The topological polar surface area (TPSA) is 107 Å². The third-order valence-electron chi connectivity index (χ3n) is 3.75. The number of nitro groups is 2. The zero-order valence-corrected chi connectivity index (χ0v) is 11.8. The molecule has 3 rings (SSSR count). The number of carbonyl (C=O) groups is 1. The lowest BCUT2D eigenvalue weighted by atomic mass is 10.1. The van der Waals surface area contributed by atoms with Crippen LogP contribution in [0.15, 0.2) is 42.5 Å². The normalized spacial score (nSPS) is 12.8. The van der Waals surface area contributed by atoms with Crippen LogP contribution in [-0.4, -0.2) is 22.3 Å². The van der Waals surface area contributed by atoms with Crippen molar-refractivity contribution in [3.05, 3.63) is 73.8 Å². The van der Waals surface area contributed by atoms with Crippen LogP contribution in [0.25, 0.3) is 0 Å². The van der Waals surface area contributed by atoms with Crippen LogP contribution < -0.4 is 4.90 Å². The Hall–Kier alpha value is -3.29. The molecule has 0 aliphatic carbocycles. The molecule has 1 aliphatic heterocycles. The van der Waals surface area contributed by atoms with E-state index in [0.29, 0.717) is 24.2 Å². The number of amides is 1. The number of anilines is 1. The zero-order valence-electron chi connectivity index (χ0n) is 11.8. The van der Waals surface area contributed by atoms with Crippen molar-refractivity contribution in [1.82, 2.24) is 0 Å². The fraction of sp³-hybridized carbons (Fsp3) is 0.133. The molecule has 8 nitrogen and oxygen atoms in total. The van der Waals surface area contributed by atoms with E-state index in [4.69, 9.17) is 0 Å². The van der Waals surface area contributed by atoms with Crippen LogP contribution in [0.3, 0.4) is 0 Å². The number of rotatable bonds is 3. The first-order valence-electron chi connectivity index (χ1n) is 6.81. The predicted molar refractivity (Wildman–Crippen MR) is 81.6 cm³/mol. The number of carbonyl (C=O) groups excluding carboxylic acids is 1. The molecule has 0 saturated carbocycles. The maximum Gasteiger partial charge on any atom is 0.271 e. The van der Waals surface area contributed by atoms with E-state index in [1.807, 2.05) is 0 Å². The van der Waals surface area contributed by atoms with Gasteiger partial charge < -0.3 is 4.90 Å². The second-order valence-electron chi connectivity index (χ2n) is 5.08. The van der Waals surface area contributed by atoms with Gasteiger partial charge in [-0.3, -0.25) is 25.0 Å². The van der Waals surface area contributed by atoms with Gasteiger partial charge in [-0.25, -0.2) is 0 Å². The summed E-state index contributed by atoms with van der Waals surface area (Å²) in [5.41, 5.74) is 1.51. The summed E-state index contributed by atoms with van der Waals surface area (Å²) in [5.74, 6) is -0.334. The van der Waals surface area contributed by atoms with E-state index in [0.717, 1.165) is 5.56 Å². The van der Waals surface area contributed by atoms with Crippen molar-refractivity contribution in [2.75, 3.05) is 11.4 Å². The van der Waals surface area contributed by atoms with E-state index in [1.54, 1.807) is 6.07 Å². The Morgan fingerprint density at radius 3 is 2.17 bits per heavy atom. The smallest absolute Gasteiger partial charge is 0.271 e. The van der Waals surface area contributed by atoms with Crippen molar-refractivity contribution in [1.29, 1.82) is 0 Å². The number of hydrogen-bond donors (Lipinski definition) is 0. The number of benzene rings is 2. The Morgan fingerprint density at radius 1 is 0.957 bits per heavy atom. The van der Waals surface area contributed by atoms with Crippen LogP contribution in [0, 0.1) is 20.2 Å². The van der Waals surface area contributed by atoms with Gasteiger partial charge in [0.1, 0.15) is 0 Å². The fourth-order valence-electron chi connectivity index (χ4n) is 2.57. The molecule has 0 unspecified atom stereocenters. The maximum absolute atomic E-state index is 12.6. The van der Waals surface area contributed by atoms with Crippen molar-refractivity contribution >= 4 is 23.0 Å². The third kappa shape index (κ3) is 2.61. The van der Waals surface area contributed by atoms with Gasteiger partial charge in [-0.15, -0.1) is 0 Å². The SMILES string of the molecule is O=C(c1ccc([N+](=O)[O-])cc1)N1CCc2ccc([N+](=O)[O-])cc21. The van der Waals surface area contributed by atoms with Crippen LogP contribution in [0.1, 0.15) is 15.9 Å². The minimum atomic E-state index is -0.539. The molecule has 0 N–H and O–H groups in total. The molecule has 0 fully saturated rings. The van der Waals surface area contributed by atoms with E-state index >= 15 is 0 Å². The van der Waals surface area contributed by atoms with Crippen LogP contribution in [0.4, 0.5) is 17.1 Å². The first-order chi connectivity index (χ1) is 11.0. The minimum absolute atomic E-state index is 0.0767. The summed E-state index contributed by atoms with van der Waals surface area (Å²) < 4.78 is 0. The van der Waals surface area contributed by atoms with Gasteiger partial charge in [0.05, 0.1) is 15.5 Å². The predicted octanol–water partition coefficient (Wildman–Crippen LogP) is 2.71. The fourth-order valence-corrected chi connectivity index (χ4v) is 2.57. The molecule has 0 radical (unpaired) electrons. The van der Waals surface area contributed by atoms with Gasteiger partial charge >= 0.3 is 0 Å². The molecular weight excluding hydrogens is 302 g/mol. The zero-order chi connectivity index (χ0) is 16.6. The molecule has 23 heavy (non-hydrogen) atoms. The molecule has 1 heterocycles. The lowest BCUT2D eigenvalue weighted by Gasteiger charge is -2.17.